The number of nitrogens with one attached hydrogen (secondary N) is 1. The van der Waals surface area contributed by atoms with Gasteiger partial charge in [0.05, 0.1) is 30.5 Å². The minimum Gasteiger partial charge on any atom is -0.492 e. The SMILES string of the molecule is CCCN1C[C@@H](O)CNC(=O)c2ccc(-c3cccnc3)cc2OCC2(C[C@@H](O)[C@@H](O)C2)C1. The third-order valence-corrected chi connectivity index (χ3v) is 6.55. The van der Waals surface area contributed by atoms with Crippen LogP contribution in [0.1, 0.15) is 36.5 Å². The summed E-state index contributed by atoms with van der Waals surface area (Å²) in [7, 11) is 0. The Morgan fingerprint density at radius 2 is 1.97 bits per heavy atom. The maximum Gasteiger partial charge on any atom is 0.255 e. The highest BCUT2D eigenvalue weighted by atomic mass is 16.5. The standard InChI is InChI=1S/C25H33N3O5/c1-2-8-28-14-19(29)13-27-24(32)20-6-5-17(18-4-3-7-26-12-18)9-23(20)33-16-25(15-28)10-21(30)22(31)11-25/h3-7,9,12,19,21-22,29-31H,2,8,10-11,13-16H2,1H3,(H,27,32)/t19-,21-,22+,25?/m0/s1. The van der Waals surface area contributed by atoms with Crippen LogP contribution in [0.5, 0.6) is 5.75 Å². The molecule has 8 nitrogen and oxygen atoms in total. The van der Waals surface area contributed by atoms with Crippen LogP contribution in [0, 0.1) is 5.41 Å². The van der Waals surface area contributed by atoms with Gasteiger partial charge in [-0.1, -0.05) is 19.1 Å². The molecule has 4 N–H and O–H groups in total. The van der Waals surface area contributed by atoms with Crippen LogP contribution < -0.4 is 10.1 Å². The van der Waals surface area contributed by atoms with Crippen LogP contribution in [0.2, 0.25) is 0 Å². The molecular weight excluding hydrogens is 422 g/mol. The fraction of sp³-hybridized carbons (Fsp3) is 0.520. The van der Waals surface area contributed by atoms with Gasteiger partial charge in [0.1, 0.15) is 5.75 Å². The van der Waals surface area contributed by atoms with Gasteiger partial charge in [0, 0.05) is 43.0 Å². The predicted octanol–water partition coefficient (Wildman–Crippen LogP) is 1.45. The second-order valence-electron chi connectivity index (χ2n) is 9.38. The van der Waals surface area contributed by atoms with Gasteiger partial charge in [0.25, 0.3) is 5.91 Å². The molecule has 1 spiro atoms. The molecule has 1 aliphatic carbocycles. The highest BCUT2D eigenvalue weighted by Crippen LogP contribution is 2.41. The molecule has 1 aromatic heterocycles. The molecule has 0 bridgehead atoms. The zero-order valence-corrected chi connectivity index (χ0v) is 19.0. The molecule has 33 heavy (non-hydrogen) atoms. The van der Waals surface area contributed by atoms with Crippen LogP contribution in [-0.4, -0.2) is 82.2 Å². The first kappa shape index (κ1) is 23.6. The molecule has 2 aliphatic rings. The average Bonchev–Trinajstić information content (AvgIpc) is 3.09. The summed E-state index contributed by atoms with van der Waals surface area (Å²) in [6, 6.07) is 9.19. The Kier molecular flexibility index (Phi) is 7.29. The average molecular weight is 456 g/mol. The maximum absolute atomic E-state index is 12.9. The Bertz CT molecular complexity index is 944. The van der Waals surface area contributed by atoms with E-state index in [1.54, 1.807) is 18.5 Å². The topological polar surface area (TPSA) is 115 Å². The molecule has 0 radical (unpaired) electrons. The summed E-state index contributed by atoms with van der Waals surface area (Å²) in [6.07, 6.45) is 2.78. The van der Waals surface area contributed by atoms with E-state index in [0.717, 1.165) is 24.1 Å². The largest absolute Gasteiger partial charge is 0.492 e. The monoisotopic (exact) mass is 455 g/mol. The van der Waals surface area contributed by atoms with E-state index in [0.29, 0.717) is 37.2 Å². The van der Waals surface area contributed by atoms with Crippen LogP contribution in [0.15, 0.2) is 42.7 Å². The Balaban J connectivity index is 1.70. The minimum absolute atomic E-state index is 0.126. The molecule has 2 heterocycles. The van der Waals surface area contributed by atoms with E-state index in [4.69, 9.17) is 4.74 Å². The lowest BCUT2D eigenvalue weighted by Gasteiger charge is -2.36. The van der Waals surface area contributed by atoms with Crippen LogP contribution >= 0.6 is 0 Å². The fourth-order valence-corrected chi connectivity index (χ4v) is 5.00. The second-order valence-corrected chi connectivity index (χ2v) is 9.38. The van der Waals surface area contributed by atoms with Crippen molar-refractivity contribution in [3.63, 3.8) is 0 Å². The number of carbonyl (C=O) groups is 1. The van der Waals surface area contributed by atoms with Gasteiger partial charge in [-0.15, -0.1) is 0 Å². The number of ether oxygens (including phenoxy) is 1. The molecule has 178 valence electrons. The van der Waals surface area contributed by atoms with Crippen molar-refractivity contribution in [2.24, 2.45) is 5.41 Å². The number of nitrogens with zero attached hydrogens (tertiary/aromatic N) is 2. The fourth-order valence-electron chi connectivity index (χ4n) is 5.00. The number of pyridine rings is 1. The molecule has 1 aliphatic heterocycles. The lowest BCUT2D eigenvalue weighted by Crippen LogP contribution is -2.47. The van der Waals surface area contributed by atoms with Crippen molar-refractivity contribution in [2.45, 2.75) is 44.5 Å². The third kappa shape index (κ3) is 5.52. The van der Waals surface area contributed by atoms with Gasteiger partial charge in [0.2, 0.25) is 0 Å². The highest BCUT2D eigenvalue weighted by Gasteiger charge is 2.46. The molecule has 1 fully saturated rings. The zero-order chi connectivity index (χ0) is 23.4. The van der Waals surface area contributed by atoms with Crippen molar-refractivity contribution < 1.29 is 24.9 Å². The van der Waals surface area contributed by atoms with Crippen LogP contribution in [0.4, 0.5) is 0 Å². The summed E-state index contributed by atoms with van der Waals surface area (Å²) in [6.45, 7) is 4.18. The van der Waals surface area contributed by atoms with E-state index in [1.165, 1.54) is 0 Å². The smallest absolute Gasteiger partial charge is 0.255 e. The summed E-state index contributed by atoms with van der Waals surface area (Å²) < 4.78 is 6.29. The lowest BCUT2D eigenvalue weighted by molar-refractivity contribution is 0.0436. The normalized spacial score (nSPS) is 29.0. The van der Waals surface area contributed by atoms with Crippen molar-refractivity contribution in [3.8, 4) is 16.9 Å². The molecule has 0 saturated heterocycles. The zero-order valence-electron chi connectivity index (χ0n) is 19.0. The van der Waals surface area contributed by atoms with E-state index in [1.807, 2.05) is 24.3 Å². The molecule has 1 unspecified atom stereocenters. The predicted molar refractivity (Wildman–Crippen MR) is 124 cm³/mol. The summed E-state index contributed by atoms with van der Waals surface area (Å²) >= 11 is 0. The van der Waals surface area contributed by atoms with E-state index in [-0.39, 0.29) is 19.1 Å². The first-order valence-electron chi connectivity index (χ1n) is 11.6. The molecule has 1 saturated carbocycles. The van der Waals surface area contributed by atoms with E-state index >= 15 is 0 Å². The molecule has 2 aromatic rings. The molecule has 4 atom stereocenters. The highest BCUT2D eigenvalue weighted by molar-refractivity contribution is 5.97. The first-order chi connectivity index (χ1) is 15.9. The summed E-state index contributed by atoms with van der Waals surface area (Å²) in [5, 5.41) is 34.1. The first-order valence-corrected chi connectivity index (χ1v) is 11.6. The van der Waals surface area contributed by atoms with Crippen LogP contribution in [0.25, 0.3) is 11.1 Å². The van der Waals surface area contributed by atoms with E-state index < -0.39 is 23.7 Å². The van der Waals surface area contributed by atoms with Crippen molar-refractivity contribution >= 4 is 5.91 Å². The van der Waals surface area contributed by atoms with Gasteiger partial charge in [0.15, 0.2) is 0 Å². The van der Waals surface area contributed by atoms with Gasteiger partial charge in [-0.2, -0.15) is 0 Å². The molecule has 1 amide bonds. The van der Waals surface area contributed by atoms with Gasteiger partial charge in [-0.3, -0.25) is 9.78 Å². The number of amides is 1. The Labute approximate surface area is 194 Å². The van der Waals surface area contributed by atoms with Crippen LogP contribution in [0.3, 0.4) is 0 Å². The summed E-state index contributed by atoms with van der Waals surface area (Å²) in [5.41, 5.74) is 1.66. The summed E-state index contributed by atoms with van der Waals surface area (Å²) in [5.74, 6) is 0.117. The number of β-amino-alcohol motifs (C(OH)–C–C–N with tert-alkyl or cyclic N) is 1. The van der Waals surface area contributed by atoms with Gasteiger partial charge < -0.3 is 30.3 Å². The number of aliphatic hydroxyl groups excluding tert-OH is 3. The van der Waals surface area contributed by atoms with Crippen molar-refractivity contribution in [1.82, 2.24) is 15.2 Å². The van der Waals surface area contributed by atoms with Crippen molar-refractivity contribution in [2.75, 3.05) is 32.8 Å². The minimum atomic E-state index is -0.820. The van der Waals surface area contributed by atoms with Crippen molar-refractivity contribution in [3.05, 3.63) is 48.3 Å². The molecular formula is C25H33N3O5. The number of aliphatic hydroxyl groups is 3. The number of fused-ring (bicyclic) bond motifs is 1. The number of hydrogen-bond donors (Lipinski definition) is 4. The molecule has 1 aromatic carbocycles. The third-order valence-electron chi connectivity index (χ3n) is 6.55. The van der Waals surface area contributed by atoms with E-state index in [2.05, 4.69) is 22.1 Å². The van der Waals surface area contributed by atoms with Crippen LogP contribution in [-0.2, 0) is 0 Å². The van der Waals surface area contributed by atoms with Gasteiger partial charge in [-0.05, 0) is 49.6 Å². The number of hydrogen-bond acceptors (Lipinski definition) is 7. The second kappa shape index (κ2) is 10.2. The quantitative estimate of drug-likeness (QED) is 0.554. The lowest BCUT2D eigenvalue weighted by atomic mass is 9.85. The van der Waals surface area contributed by atoms with E-state index in [9.17, 15) is 20.1 Å². The van der Waals surface area contributed by atoms with Crippen molar-refractivity contribution in [1.29, 1.82) is 0 Å². The number of aromatic nitrogens is 1. The Morgan fingerprint density at radius 1 is 1.18 bits per heavy atom. The number of benzene rings is 1. The maximum atomic E-state index is 12.9. The Morgan fingerprint density at radius 3 is 2.67 bits per heavy atom. The Hall–Kier alpha value is -2.52. The molecule has 8 heteroatoms. The van der Waals surface area contributed by atoms with Gasteiger partial charge in [-0.25, -0.2) is 0 Å². The molecule has 4 rings (SSSR count). The van der Waals surface area contributed by atoms with Gasteiger partial charge >= 0.3 is 0 Å². The number of carbonyl (C=O) groups excluding carboxylic acids is 1. The number of rotatable bonds is 3. The summed E-state index contributed by atoms with van der Waals surface area (Å²) in [4.78, 5) is 19.2.